The zero-order valence-corrected chi connectivity index (χ0v) is 12.3. The second kappa shape index (κ2) is 5.69. The lowest BCUT2D eigenvalue weighted by molar-refractivity contribution is 0.628. The second-order valence-electron chi connectivity index (χ2n) is 4.70. The molecule has 3 rings (SSSR count). The van der Waals surface area contributed by atoms with Crippen LogP contribution >= 0.6 is 11.6 Å². The number of aromatic nitrogens is 4. The van der Waals surface area contributed by atoms with Crippen molar-refractivity contribution < 1.29 is 4.39 Å². The third kappa shape index (κ3) is 2.83. The predicted molar refractivity (Wildman–Crippen MR) is 79.2 cm³/mol. The summed E-state index contributed by atoms with van der Waals surface area (Å²) in [4.78, 5) is 8.66. The molecule has 0 amide bonds. The van der Waals surface area contributed by atoms with E-state index in [-0.39, 0.29) is 5.02 Å². The van der Waals surface area contributed by atoms with Crippen LogP contribution in [0.1, 0.15) is 18.4 Å². The van der Waals surface area contributed by atoms with Gasteiger partial charge in [-0.1, -0.05) is 18.5 Å². The van der Waals surface area contributed by atoms with Crippen molar-refractivity contribution in [3.63, 3.8) is 0 Å². The van der Waals surface area contributed by atoms with Gasteiger partial charge in [0.1, 0.15) is 11.6 Å². The molecule has 21 heavy (non-hydrogen) atoms. The van der Waals surface area contributed by atoms with E-state index in [1.807, 2.05) is 17.0 Å². The number of benzene rings is 1. The van der Waals surface area contributed by atoms with Crippen LogP contribution < -0.4 is 0 Å². The number of hydrogen-bond acceptors (Lipinski definition) is 2. The van der Waals surface area contributed by atoms with E-state index >= 15 is 0 Å². The van der Waals surface area contributed by atoms with Crippen LogP contribution in [0.2, 0.25) is 5.02 Å². The second-order valence-corrected chi connectivity index (χ2v) is 5.10. The first-order chi connectivity index (χ1) is 10.2. The highest BCUT2D eigenvalue weighted by Gasteiger charge is 2.06. The van der Waals surface area contributed by atoms with Crippen LogP contribution in [0.3, 0.4) is 0 Å². The van der Waals surface area contributed by atoms with Crippen LogP contribution in [-0.2, 0) is 13.0 Å². The maximum atomic E-state index is 13.2. The van der Waals surface area contributed by atoms with Crippen molar-refractivity contribution in [1.82, 2.24) is 19.1 Å². The molecule has 0 aliphatic carbocycles. The van der Waals surface area contributed by atoms with Gasteiger partial charge in [0.05, 0.1) is 23.6 Å². The van der Waals surface area contributed by atoms with Crippen LogP contribution in [0, 0.1) is 5.82 Å². The van der Waals surface area contributed by atoms with Gasteiger partial charge in [0.25, 0.3) is 0 Å². The Morgan fingerprint density at radius 1 is 1.29 bits per heavy atom. The van der Waals surface area contributed by atoms with E-state index in [0.717, 1.165) is 23.6 Å². The van der Waals surface area contributed by atoms with Crippen LogP contribution in [-0.4, -0.2) is 19.1 Å². The Kier molecular flexibility index (Phi) is 3.75. The van der Waals surface area contributed by atoms with Gasteiger partial charge >= 0.3 is 0 Å². The van der Waals surface area contributed by atoms with Crippen molar-refractivity contribution in [1.29, 1.82) is 0 Å². The first kappa shape index (κ1) is 13.8. The Hall–Kier alpha value is -2.14. The highest BCUT2D eigenvalue weighted by Crippen LogP contribution is 2.19. The number of nitrogens with zero attached hydrogens (tertiary/aromatic N) is 4. The van der Waals surface area contributed by atoms with E-state index in [1.54, 1.807) is 24.7 Å². The molecule has 0 radical (unpaired) electrons. The summed E-state index contributed by atoms with van der Waals surface area (Å²) in [7, 11) is 0. The standard InChI is InChI=1S/C15H14ClFN4/c1-2-15-18-5-6-20(15)8-11-9-21(10-19-11)12-3-4-14(17)13(16)7-12/h3-7,9-10H,2,8H2,1H3. The molecular formula is C15H14ClFN4. The largest absolute Gasteiger partial charge is 0.329 e. The fourth-order valence-corrected chi connectivity index (χ4v) is 2.38. The van der Waals surface area contributed by atoms with Crippen molar-refractivity contribution in [2.24, 2.45) is 0 Å². The highest BCUT2D eigenvalue weighted by molar-refractivity contribution is 6.30. The number of rotatable bonds is 4. The van der Waals surface area contributed by atoms with E-state index in [1.165, 1.54) is 6.07 Å². The van der Waals surface area contributed by atoms with Gasteiger partial charge in [-0.15, -0.1) is 0 Å². The number of imidazole rings is 2. The van der Waals surface area contributed by atoms with Crippen molar-refractivity contribution in [2.75, 3.05) is 0 Å². The SMILES string of the molecule is CCc1nccn1Cc1cn(-c2ccc(F)c(Cl)c2)cn1. The first-order valence-corrected chi connectivity index (χ1v) is 7.03. The van der Waals surface area contributed by atoms with Gasteiger partial charge < -0.3 is 9.13 Å². The van der Waals surface area contributed by atoms with E-state index < -0.39 is 5.82 Å². The van der Waals surface area contributed by atoms with E-state index in [2.05, 4.69) is 21.5 Å². The molecule has 0 bridgehead atoms. The molecule has 0 saturated heterocycles. The minimum atomic E-state index is -0.424. The lowest BCUT2D eigenvalue weighted by Crippen LogP contribution is -2.03. The molecule has 108 valence electrons. The summed E-state index contributed by atoms with van der Waals surface area (Å²) >= 11 is 5.80. The predicted octanol–water partition coefficient (Wildman–Crippen LogP) is 3.47. The summed E-state index contributed by atoms with van der Waals surface area (Å²) in [5.41, 5.74) is 1.68. The van der Waals surface area contributed by atoms with Gasteiger partial charge in [-0.2, -0.15) is 0 Å². The van der Waals surface area contributed by atoms with Gasteiger partial charge in [0.15, 0.2) is 0 Å². The van der Waals surface area contributed by atoms with E-state index in [4.69, 9.17) is 11.6 Å². The molecule has 0 saturated carbocycles. The van der Waals surface area contributed by atoms with Crippen LogP contribution in [0.15, 0.2) is 43.1 Å². The minimum Gasteiger partial charge on any atom is -0.329 e. The summed E-state index contributed by atoms with van der Waals surface area (Å²) in [6.45, 7) is 2.73. The first-order valence-electron chi connectivity index (χ1n) is 6.65. The third-order valence-corrected chi connectivity index (χ3v) is 3.58. The third-order valence-electron chi connectivity index (χ3n) is 3.29. The zero-order valence-electron chi connectivity index (χ0n) is 11.5. The normalized spacial score (nSPS) is 11.0. The molecule has 1 aromatic carbocycles. The van der Waals surface area contributed by atoms with E-state index in [9.17, 15) is 4.39 Å². The van der Waals surface area contributed by atoms with Gasteiger partial charge in [0.2, 0.25) is 0 Å². The van der Waals surface area contributed by atoms with Crippen molar-refractivity contribution in [3.8, 4) is 5.69 Å². The molecule has 2 aromatic heterocycles. The highest BCUT2D eigenvalue weighted by atomic mass is 35.5. The summed E-state index contributed by atoms with van der Waals surface area (Å²) in [5.74, 6) is 0.598. The van der Waals surface area contributed by atoms with Gasteiger partial charge in [-0.25, -0.2) is 14.4 Å². The average molecular weight is 305 g/mol. The topological polar surface area (TPSA) is 35.6 Å². The van der Waals surface area contributed by atoms with E-state index in [0.29, 0.717) is 6.54 Å². The Bertz CT molecular complexity index is 763. The summed E-state index contributed by atoms with van der Waals surface area (Å²) in [6, 6.07) is 4.60. The molecule has 0 N–H and O–H groups in total. The molecule has 0 spiro atoms. The molecule has 0 fully saturated rings. The average Bonchev–Trinajstić information content (AvgIpc) is 3.11. The molecule has 0 aliphatic heterocycles. The Morgan fingerprint density at radius 2 is 2.14 bits per heavy atom. The number of hydrogen-bond donors (Lipinski definition) is 0. The van der Waals surface area contributed by atoms with Gasteiger partial charge in [-0.3, -0.25) is 0 Å². The van der Waals surface area contributed by atoms with Crippen molar-refractivity contribution >= 4 is 11.6 Å². The molecule has 6 heteroatoms. The molecule has 0 unspecified atom stereocenters. The smallest absolute Gasteiger partial charge is 0.141 e. The summed E-state index contributed by atoms with van der Waals surface area (Å²) in [5, 5.41) is 0.102. The lowest BCUT2D eigenvalue weighted by Gasteiger charge is -2.04. The summed E-state index contributed by atoms with van der Waals surface area (Å²) in [6.07, 6.45) is 8.20. The maximum absolute atomic E-state index is 13.2. The molecule has 0 atom stereocenters. The molecule has 0 aliphatic rings. The molecule has 3 aromatic rings. The monoisotopic (exact) mass is 304 g/mol. The van der Waals surface area contributed by atoms with Crippen molar-refractivity contribution in [3.05, 3.63) is 65.5 Å². The molecular weight excluding hydrogens is 291 g/mol. The summed E-state index contributed by atoms with van der Waals surface area (Å²) < 4.78 is 17.1. The maximum Gasteiger partial charge on any atom is 0.141 e. The Labute approximate surface area is 126 Å². The van der Waals surface area contributed by atoms with Crippen LogP contribution in [0.5, 0.6) is 0 Å². The van der Waals surface area contributed by atoms with Crippen LogP contribution in [0.4, 0.5) is 4.39 Å². The number of halogens is 2. The zero-order chi connectivity index (χ0) is 14.8. The van der Waals surface area contributed by atoms with Gasteiger partial charge in [0, 0.05) is 30.7 Å². The fourth-order valence-electron chi connectivity index (χ4n) is 2.20. The van der Waals surface area contributed by atoms with Crippen LogP contribution in [0.25, 0.3) is 5.69 Å². The molecule has 2 heterocycles. The van der Waals surface area contributed by atoms with Gasteiger partial charge in [-0.05, 0) is 18.2 Å². The lowest BCUT2D eigenvalue weighted by atomic mass is 10.3. The van der Waals surface area contributed by atoms with Crippen molar-refractivity contribution in [2.45, 2.75) is 19.9 Å². The minimum absolute atomic E-state index is 0.102. The molecule has 4 nitrogen and oxygen atoms in total. The Balaban J connectivity index is 1.84. The Morgan fingerprint density at radius 3 is 2.90 bits per heavy atom. The quantitative estimate of drug-likeness (QED) is 0.740. The fraction of sp³-hybridized carbons (Fsp3) is 0.200. The number of aryl methyl sites for hydroxylation is 1.